The van der Waals surface area contributed by atoms with Gasteiger partial charge >= 0.3 is 12.1 Å². The van der Waals surface area contributed by atoms with Gasteiger partial charge in [-0.25, -0.2) is 0 Å². The number of halogens is 8. The zero-order valence-corrected chi connectivity index (χ0v) is 21.8. The van der Waals surface area contributed by atoms with Gasteiger partial charge in [0, 0.05) is 52.6 Å². The highest BCUT2D eigenvalue weighted by Gasteiger charge is 2.67. The van der Waals surface area contributed by atoms with E-state index in [0.717, 1.165) is 0 Å². The van der Waals surface area contributed by atoms with Crippen LogP contribution < -0.4 is 5.32 Å². The second kappa shape index (κ2) is 9.87. The third-order valence-electron chi connectivity index (χ3n) is 6.08. The normalized spacial score (nSPS) is 21.1. The van der Waals surface area contributed by atoms with Gasteiger partial charge in [-0.15, -0.1) is 23.2 Å². The average Bonchev–Trinajstić information content (AvgIpc) is 3.32. The van der Waals surface area contributed by atoms with E-state index in [4.69, 9.17) is 58.0 Å². The van der Waals surface area contributed by atoms with Crippen LogP contribution in [0.4, 0.5) is 18.9 Å². The first-order valence-electron chi connectivity index (χ1n) is 10.5. The number of nitrogens with one attached hydrogen (secondary N) is 1. The zero-order valence-electron chi connectivity index (χ0n) is 18.0. The number of amides is 2. The first kappa shape index (κ1) is 27.3. The minimum absolute atomic E-state index is 0.0899. The van der Waals surface area contributed by atoms with Crippen molar-refractivity contribution in [1.29, 1.82) is 0 Å². The number of alkyl halides is 5. The topological polar surface area (TPSA) is 66.5 Å². The van der Waals surface area contributed by atoms with E-state index in [0.29, 0.717) is 20.5 Å². The van der Waals surface area contributed by atoms with Crippen molar-refractivity contribution in [1.82, 2.24) is 4.90 Å². The lowest BCUT2D eigenvalue weighted by molar-refractivity contribution is -0.191. The van der Waals surface area contributed by atoms with Crippen LogP contribution in [0.15, 0.2) is 36.4 Å². The smallest absolute Gasteiger partial charge is 0.334 e. The molecule has 1 saturated carbocycles. The molecule has 1 N–H and O–H groups in total. The standard InChI is InChI=1S/C23H16Cl5F3N2O3/c24-12-4-11(5-13(25)6-12)18-19(22(18,27)28)20(35)32-14-1-2-16(26)15(7-14)17(34)3-10-8-33(9-10)21(36)23(29,30)31/h1-2,4-7,10,18-19H,3,8-9H2,(H,32,35). The summed E-state index contributed by atoms with van der Waals surface area (Å²) >= 11 is 31.0. The van der Waals surface area contributed by atoms with E-state index >= 15 is 0 Å². The molecule has 36 heavy (non-hydrogen) atoms. The molecule has 13 heteroatoms. The molecule has 0 spiro atoms. The number of likely N-dealkylation sites (tertiary alicyclic amines) is 1. The molecule has 1 saturated heterocycles. The zero-order chi connectivity index (χ0) is 26.6. The van der Waals surface area contributed by atoms with Gasteiger partial charge in [0.15, 0.2) is 5.78 Å². The van der Waals surface area contributed by atoms with E-state index in [-0.39, 0.29) is 35.8 Å². The van der Waals surface area contributed by atoms with Crippen molar-refractivity contribution in [3.8, 4) is 0 Å². The van der Waals surface area contributed by atoms with Crippen LogP contribution in [0.1, 0.15) is 28.3 Å². The van der Waals surface area contributed by atoms with Crippen LogP contribution in [-0.4, -0.2) is 46.1 Å². The summed E-state index contributed by atoms with van der Waals surface area (Å²) in [7, 11) is 0. The fourth-order valence-corrected chi connectivity index (χ4v) is 5.87. The number of Topliss-reactive ketones (excluding diaryl/α,β-unsaturated/α-hetero) is 1. The molecule has 2 aromatic carbocycles. The highest BCUT2D eigenvalue weighted by Crippen LogP contribution is 2.65. The Morgan fingerprint density at radius 1 is 1.00 bits per heavy atom. The van der Waals surface area contributed by atoms with Crippen LogP contribution in [0, 0.1) is 11.8 Å². The fourth-order valence-electron chi connectivity index (χ4n) is 4.28. The molecule has 0 bridgehead atoms. The molecule has 1 aliphatic carbocycles. The molecular weight excluding hydrogens is 587 g/mol. The Morgan fingerprint density at radius 3 is 2.19 bits per heavy atom. The summed E-state index contributed by atoms with van der Waals surface area (Å²) in [6.07, 6.45) is -5.06. The van der Waals surface area contributed by atoms with Crippen molar-refractivity contribution in [3.63, 3.8) is 0 Å². The van der Waals surface area contributed by atoms with E-state index in [1.54, 1.807) is 12.1 Å². The van der Waals surface area contributed by atoms with Crippen LogP contribution in [0.5, 0.6) is 0 Å². The quantitative estimate of drug-likeness (QED) is 0.293. The lowest BCUT2D eigenvalue weighted by Gasteiger charge is -2.39. The highest BCUT2D eigenvalue weighted by molar-refractivity contribution is 6.53. The third kappa shape index (κ3) is 5.58. The molecule has 1 aliphatic heterocycles. The number of carbonyl (C=O) groups is 3. The summed E-state index contributed by atoms with van der Waals surface area (Å²) in [5, 5.41) is 3.51. The molecule has 0 aromatic heterocycles. The van der Waals surface area contributed by atoms with Crippen molar-refractivity contribution < 1.29 is 27.6 Å². The predicted molar refractivity (Wildman–Crippen MR) is 132 cm³/mol. The molecule has 2 unspecified atom stereocenters. The van der Waals surface area contributed by atoms with Gasteiger partial charge in [-0.1, -0.05) is 34.8 Å². The number of anilines is 1. The maximum Gasteiger partial charge on any atom is 0.471 e. The van der Waals surface area contributed by atoms with Gasteiger partial charge in [0.25, 0.3) is 0 Å². The Bertz CT molecular complexity index is 1230. The predicted octanol–water partition coefficient (Wildman–Crippen LogP) is 6.77. The maximum atomic E-state index is 12.9. The summed E-state index contributed by atoms with van der Waals surface area (Å²) in [5.74, 6) is -4.67. The molecule has 4 rings (SSSR count). The molecule has 5 nitrogen and oxygen atoms in total. The summed E-state index contributed by atoms with van der Waals surface area (Å²) in [6, 6.07) is 9.05. The summed E-state index contributed by atoms with van der Waals surface area (Å²) in [5.41, 5.74) is 0.948. The van der Waals surface area contributed by atoms with Crippen molar-refractivity contribution >= 4 is 81.3 Å². The first-order chi connectivity index (χ1) is 16.7. The molecular formula is C23H16Cl5F3N2O3. The maximum absolute atomic E-state index is 12.9. The van der Waals surface area contributed by atoms with Gasteiger partial charge in [0.1, 0.15) is 4.33 Å². The molecule has 1 heterocycles. The minimum atomic E-state index is -4.95. The van der Waals surface area contributed by atoms with Crippen LogP contribution in [0.2, 0.25) is 15.1 Å². The van der Waals surface area contributed by atoms with E-state index in [1.165, 1.54) is 24.3 Å². The summed E-state index contributed by atoms with van der Waals surface area (Å²) < 4.78 is 36.1. The average molecular weight is 603 g/mol. The Hall–Kier alpha value is -1.71. The van der Waals surface area contributed by atoms with Gasteiger partial charge in [-0.2, -0.15) is 13.2 Å². The Balaban J connectivity index is 1.41. The lowest BCUT2D eigenvalue weighted by atomic mass is 9.91. The molecule has 192 valence electrons. The fraction of sp³-hybridized carbons (Fsp3) is 0.348. The number of rotatable bonds is 6. The lowest BCUT2D eigenvalue weighted by Crippen LogP contribution is -2.54. The molecule has 2 aliphatic rings. The number of hydrogen-bond donors (Lipinski definition) is 1. The molecule has 0 radical (unpaired) electrons. The van der Waals surface area contributed by atoms with Crippen LogP contribution in [0.3, 0.4) is 0 Å². The van der Waals surface area contributed by atoms with Crippen molar-refractivity contribution in [2.24, 2.45) is 11.8 Å². The molecule has 2 fully saturated rings. The molecule has 2 aromatic rings. The minimum Gasteiger partial charge on any atom is -0.334 e. The van der Waals surface area contributed by atoms with Crippen molar-refractivity contribution in [2.45, 2.75) is 22.8 Å². The number of ketones is 1. The number of benzene rings is 2. The van der Waals surface area contributed by atoms with Crippen LogP contribution in [-0.2, 0) is 9.59 Å². The number of nitrogens with zero attached hydrogens (tertiary/aromatic N) is 1. The van der Waals surface area contributed by atoms with E-state index in [2.05, 4.69) is 5.32 Å². The Labute approximate surface area is 228 Å². The number of carbonyl (C=O) groups excluding carboxylic acids is 3. The highest BCUT2D eigenvalue weighted by atomic mass is 35.5. The second-order valence-corrected chi connectivity index (χ2v) is 11.4. The largest absolute Gasteiger partial charge is 0.471 e. The van der Waals surface area contributed by atoms with Gasteiger partial charge in [0.05, 0.1) is 10.9 Å². The van der Waals surface area contributed by atoms with Gasteiger partial charge in [-0.05, 0) is 42.0 Å². The van der Waals surface area contributed by atoms with E-state index < -0.39 is 45.9 Å². The first-order valence-corrected chi connectivity index (χ1v) is 12.4. The third-order valence-corrected chi connectivity index (χ3v) is 7.78. The van der Waals surface area contributed by atoms with Crippen molar-refractivity contribution in [2.75, 3.05) is 18.4 Å². The second-order valence-electron chi connectivity index (χ2n) is 8.72. The van der Waals surface area contributed by atoms with Gasteiger partial charge in [-0.3, -0.25) is 14.4 Å². The molecule has 2 atom stereocenters. The van der Waals surface area contributed by atoms with E-state index in [9.17, 15) is 27.6 Å². The van der Waals surface area contributed by atoms with Crippen molar-refractivity contribution in [3.05, 3.63) is 62.6 Å². The number of hydrogen-bond acceptors (Lipinski definition) is 3. The monoisotopic (exact) mass is 600 g/mol. The summed E-state index contributed by atoms with van der Waals surface area (Å²) in [4.78, 5) is 37.5. The summed E-state index contributed by atoms with van der Waals surface area (Å²) in [6.45, 7) is -0.357. The Morgan fingerprint density at radius 2 is 1.61 bits per heavy atom. The van der Waals surface area contributed by atoms with Crippen LogP contribution in [0.25, 0.3) is 0 Å². The van der Waals surface area contributed by atoms with Gasteiger partial charge in [0.2, 0.25) is 5.91 Å². The molecule has 2 amide bonds. The van der Waals surface area contributed by atoms with Crippen LogP contribution >= 0.6 is 58.0 Å². The Kier molecular flexibility index (Phi) is 7.50. The van der Waals surface area contributed by atoms with E-state index in [1.807, 2.05) is 0 Å². The SMILES string of the molecule is O=C(CC1CN(C(=O)C(F)(F)F)C1)c1cc(NC(=O)C2C(c3cc(Cl)cc(Cl)c3)C2(Cl)Cl)ccc1Cl. The van der Waals surface area contributed by atoms with Gasteiger partial charge < -0.3 is 10.2 Å².